The summed E-state index contributed by atoms with van der Waals surface area (Å²) in [6.07, 6.45) is 1.21. The number of carbonyl (C=O) groups excluding carboxylic acids is 1. The second-order valence-corrected chi connectivity index (χ2v) is 3.06. The molecule has 4 nitrogen and oxygen atoms in total. The number of rotatable bonds is 3. The second-order valence-electron chi connectivity index (χ2n) is 3.06. The average Bonchev–Trinajstić information content (AvgIpc) is 2.47. The van der Waals surface area contributed by atoms with Crippen LogP contribution in [0.3, 0.4) is 0 Å². The van der Waals surface area contributed by atoms with E-state index in [1.54, 1.807) is 0 Å². The van der Waals surface area contributed by atoms with Crippen molar-refractivity contribution in [1.82, 2.24) is 4.90 Å². The third-order valence-electron chi connectivity index (χ3n) is 2.01. The molecule has 0 aromatic carbocycles. The van der Waals surface area contributed by atoms with Crippen LogP contribution in [0, 0.1) is 0 Å². The Morgan fingerprint density at radius 3 is 2.92 bits per heavy atom. The zero-order chi connectivity index (χ0) is 8.97. The number of esters is 1. The Hall–Kier alpha value is -0.610. The Kier molecular flexibility index (Phi) is 3.49. The number of hydrogen-bond acceptors (Lipinski definition) is 4. The molecule has 1 unspecified atom stereocenters. The highest BCUT2D eigenvalue weighted by molar-refractivity contribution is 5.70. The van der Waals surface area contributed by atoms with E-state index in [-0.39, 0.29) is 18.7 Å². The van der Waals surface area contributed by atoms with Gasteiger partial charge < -0.3 is 14.4 Å². The molecular weight excluding hydrogens is 158 g/mol. The third-order valence-corrected chi connectivity index (χ3v) is 2.01. The predicted octanol–water partition coefficient (Wildman–Crippen LogP) is -0.120. The Bertz CT molecular complexity index is 160. The van der Waals surface area contributed by atoms with Gasteiger partial charge in [0.25, 0.3) is 0 Å². The summed E-state index contributed by atoms with van der Waals surface area (Å²) in [4.78, 5) is 12.9. The quantitative estimate of drug-likeness (QED) is 0.558. The molecular formula is C8H15NO3. The summed E-state index contributed by atoms with van der Waals surface area (Å²) < 4.78 is 9.77. The van der Waals surface area contributed by atoms with Crippen LogP contribution < -0.4 is 0 Å². The molecule has 1 aliphatic rings. The van der Waals surface area contributed by atoms with E-state index in [4.69, 9.17) is 4.74 Å². The zero-order valence-electron chi connectivity index (χ0n) is 7.58. The molecule has 70 valence electrons. The van der Waals surface area contributed by atoms with E-state index >= 15 is 0 Å². The molecule has 0 aliphatic carbocycles. The molecule has 1 rings (SSSR count). The minimum absolute atomic E-state index is 0.0784. The highest BCUT2D eigenvalue weighted by Crippen LogP contribution is 2.09. The number of likely N-dealkylation sites (N-methyl/N-ethyl adjacent to an activating group) is 1. The van der Waals surface area contributed by atoms with E-state index in [1.165, 1.54) is 7.11 Å². The minimum atomic E-state index is -0.301. The van der Waals surface area contributed by atoms with Crippen molar-refractivity contribution in [2.75, 3.05) is 33.9 Å². The monoisotopic (exact) mass is 173 g/mol. The van der Waals surface area contributed by atoms with Crippen LogP contribution >= 0.6 is 0 Å². The average molecular weight is 173 g/mol. The molecule has 0 amide bonds. The molecule has 1 fully saturated rings. The van der Waals surface area contributed by atoms with Gasteiger partial charge in [-0.3, -0.25) is 0 Å². The number of hydrogen-bond donors (Lipinski definition) is 0. The third kappa shape index (κ3) is 2.79. The van der Waals surface area contributed by atoms with Crippen LogP contribution in [0.2, 0.25) is 0 Å². The predicted molar refractivity (Wildman–Crippen MR) is 43.9 cm³/mol. The highest BCUT2D eigenvalue weighted by Gasteiger charge is 2.20. The van der Waals surface area contributed by atoms with Gasteiger partial charge in [-0.05, 0) is 13.5 Å². The number of methoxy groups -OCH3 is 1. The maximum Gasteiger partial charge on any atom is 0.331 e. The van der Waals surface area contributed by atoms with Gasteiger partial charge in [0.2, 0.25) is 0 Å². The van der Waals surface area contributed by atoms with E-state index in [2.05, 4.69) is 9.64 Å². The van der Waals surface area contributed by atoms with Crippen molar-refractivity contribution in [3.63, 3.8) is 0 Å². The fourth-order valence-electron chi connectivity index (χ4n) is 1.28. The van der Waals surface area contributed by atoms with Gasteiger partial charge in [-0.15, -0.1) is 0 Å². The maximum absolute atomic E-state index is 10.7. The summed E-state index contributed by atoms with van der Waals surface area (Å²) in [5.74, 6) is -0.301. The molecule has 12 heavy (non-hydrogen) atoms. The fraction of sp³-hybridized carbons (Fsp3) is 0.875. The van der Waals surface area contributed by atoms with Crippen LogP contribution in [0.25, 0.3) is 0 Å². The molecule has 0 aromatic heterocycles. The highest BCUT2D eigenvalue weighted by atomic mass is 16.6. The molecule has 1 heterocycles. The van der Waals surface area contributed by atoms with Gasteiger partial charge in [-0.25, -0.2) is 4.79 Å². The van der Waals surface area contributed by atoms with Gasteiger partial charge in [-0.1, -0.05) is 0 Å². The van der Waals surface area contributed by atoms with Crippen LogP contribution in [0.4, 0.5) is 0 Å². The van der Waals surface area contributed by atoms with Gasteiger partial charge in [0.1, 0.15) is 6.61 Å². The molecule has 0 bridgehead atoms. The number of carbonyl (C=O) groups is 1. The Labute approximate surface area is 72.4 Å². The second kappa shape index (κ2) is 4.42. The molecule has 0 aromatic rings. The van der Waals surface area contributed by atoms with Gasteiger partial charge in [0, 0.05) is 13.1 Å². The minimum Gasteiger partial charge on any atom is -0.467 e. The van der Waals surface area contributed by atoms with E-state index in [0.717, 1.165) is 19.5 Å². The molecule has 1 aliphatic heterocycles. The molecule has 4 heteroatoms. The van der Waals surface area contributed by atoms with Gasteiger partial charge in [0.15, 0.2) is 0 Å². The smallest absolute Gasteiger partial charge is 0.331 e. The molecule has 1 saturated heterocycles. The van der Waals surface area contributed by atoms with E-state index in [0.29, 0.717) is 0 Å². The normalized spacial score (nSPS) is 24.3. The van der Waals surface area contributed by atoms with Crippen molar-refractivity contribution < 1.29 is 14.3 Å². The summed E-state index contributed by atoms with van der Waals surface area (Å²) in [6.45, 7) is 2.04. The lowest BCUT2D eigenvalue weighted by atomic mass is 10.3. The molecule has 0 saturated carbocycles. The summed E-state index contributed by atoms with van der Waals surface area (Å²) in [5.41, 5.74) is 0. The molecule has 0 radical (unpaired) electrons. The summed E-state index contributed by atoms with van der Waals surface area (Å²) in [5, 5.41) is 0. The SMILES string of the molecule is COC(=O)COC1CCN(C)C1. The van der Waals surface area contributed by atoms with Crippen LogP contribution in [0.5, 0.6) is 0 Å². The van der Waals surface area contributed by atoms with Crippen molar-refractivity contribution >= 4 is 5.97 Å². The first-order valence-corrected chi connectivity index (χ1v) is 4.09. The van der Waals surface area contributed by atoms with Crippen molar-refractivity contribution in [2.45, 2.75) is 12.5 Å². The van der Waals surface area contributed by atoms with E-state index in [1.807, 2.05) is 7.05 Å². The van der Waals surface area contributed by atoms with Crippen LogP contribution in [0.15, 0.2) is 0 Å². The van der Waals surface area contributed by atoms with Gasteiger partial charge in [-0.2, -0.15) is 0 Å². The first kappa shape index (κ1) is 9.48. The van der Waals surface area contributed by atoms with Crippen LogP contribution in [-0.4, -0.2) is 50.8 Å². The maximum atomic E-state index is 10.7. The largest absolute Gasteiger partial charge is 0.467 e. The van der Waals surface area contributed by atoms with E-state index in [9.17, 15) is 4.79 Å². The molecule has 0 spiro atoms. The van der Waals surface area contributed by atoms with Crippen LogP contribution in [0.1, 0.15) is 6.42 Å². The molecule has 0 N–H and O–H groups in total. The molecule has 1 atom stereocenters. The topological polar surface area (TPSA) is 38.8 Å². The van der Waals surface area contributed by atoms with Gasteiger partial charge >= 0.3 is 5.97 Å². The standard InChI is InChI=1S/C8H15NO3/c1-9-4-3-7(5-9)12-6-8(10)11-2/h7H,3-6H2,1-2H3. The van der Waals surface area contributed by atoms with Crippen molar-refractivity contribution in [3.8, 4) is 0 Å². The Morgan fingerprint density at radius 1 is 1.67 bits per heavy atom. The Balaban J connectivity index is 2.11. The summed E-state index contributed by atoms with van der Waals surface area (Å²) in [6, 6.07) is 0. The number of ether oxygens (including phenoxy) is 2. The zero-order valence-corrected chi connectivity index (χ0v) is 7.58. The van der Waals surface area contributed by atoms with Crippen molar-refractivity contribution in [3.05, 3.63) is 0 Å². The summed E-state index contributed by atoms with van der Waals surface area (Å²) >= 11 is 0. The lowest BCUT2D eigenvalue weighted by Crippen LogP contribution is -2.22. The lowest BCUT2D eigenvalue weighted by Gasteiger charge is -2.10. The first-order chi connectivity index (χ1) is 5.72. The first-order valence-electron chi connectivity index (χ1n) is 4.09. The van der Waals surface area contributed by atoms with E-state index < -0.39 is 0 Å². The van der Waals surface area contributed by atoms with Crippen molar-refractivity contribution in [1.29, 1.82) is 0 Å². The summed E-state index contributed by atoms with van der Waals surface area (Å²) in [7, 11) is 3.41. The fourth-order valence-corrected chi connectivity index (χ4v) is 1.28. The van der Waals surface area contributed by atoms with Crippen molar-refractivity contribution in [2.24, 2.45) is 0 Å². The Morgan fingerprint density at radius 2 is 2.42 bits per heavy atom. The number of likely N-dealkylation sites (tertiary alicyclic amines) is 1. The van der Waals surface area contributed by atoms with Crippen LogP contribution in [-0.2, 0) is 14.3 Å². The number of nitrogens with zero attached hydrogens (tertiary/aromatic N) is 1. The lowest BCUT2D eigenvalue weighted by molar-refractivity contribution is -0.147. The van der Waals surface area contributed by atoms with Gasteiger partial charge in [0.05, 0.1) is 13.2 Å².